The molecule has 1 aromatic heterocycles. The van der Waals surface area contributed by atoms with E-state index in [1.54, 1.807) is 0 Å². The Hall–Kier alpha value is -1.45. The molecule has 0 spiro atoms. The summed E-state index contributed by atoms with van der Waals surface area (Å²) in [4.78, 5) is 6.78. The maximum absolute atomic E-state index is 8.66. The molecule has 2 atom stereocenters. The van der Waals surface area contributed by atoms with Gasteiger partial charge in [0.05, 0.1) is 12.7 Å². The Morgan fingerprint density at radius 3 is 3.15 bits per heavy atom. The first-order valence-corrected chi connectivity index (χ1v) is 7.26. The highest BCUT2D eigenvalue weighted by molar-refractivity contribution is 4.95. The fraction of sp³-hybridized carbons (Fsp3) is 0.786. The number of hydrogen-bond donors (Lipinski definition) is 0. The highest BCUT2D eigenvalue weighted by Crippen LogP contribution is 2.20. The minimum Gasteiger partial charge on any atom is -0.367 e. The summed E-state index contributed by atoms with van der Waals surface area (Å²) < 4.78 is 11.0. The van der Waals surface area contributed by atoms with Gasteiger partial charge in [-0.25, -0.2) is 0 Å². The molecule has 0 amide bonds. The number of rotatable bonds is 6. The van der Waals surface area contributed by atoms with Gasteiger partial charge in [-0.15, -0.1) is 0 Å². The Kier molecular flexibility index (Phi) is 5.50. The first-order chi connectivity index (χ1) is 9.72. The Morgan fingerprint density at radius 2 is 2.40 bits per heavy atom. The molecule has 2 rings (SSSR count). The monoisotopic (exact) mass is 278 g/mol. The Labute approximate surface area is 119 Å². The van der Waals surface area contributed by atoms with Gasteiger partial charge in [-0.3, -0.25) is 4.90 Å². The molecule has 110 valence electrons. The first kappa shape index (κ1) is 14.9. The van der Waals surface area contributed by atoms with Gasteiger partial charge in [-0.1, -0.05) is 19.0 Å². The summed E-state index contributed by atoms with van der Waals surface area (Å²) in [6.07, 6.45) is 2.18. The summed E-state index contributed by atoms with van der Waals surface area (Å²) in [5, 5.41) is 12.7. The minimum absolute atomic E-state index is 0.0981. The van der Waals surface area contributed by atoms with Crippen LogP contribution in [0.3, 0.4) is 0 Å². The van der Waals surface area contributed by atoms with E-state index < -0.39 is 0 Å². The highest BCUT2D eigenvalue weighted by atomic mass is 16.5. The molecule has 0 aromatic carbocycles. The largest absolute Gasteiger partial charge is 0.367 e. The van der Waals surface area contributed by atoms with E-state index in [0.717, 1.165) is 26.1 Å². The lowest BCUT2D eigenvalue weighted by molar-refractivity contribution is -0.0350. The average molecular weight is 278 g/mol. The molecule has 0 radical (unpaired) electrons. The highest BCUT2D eigenvalue weighted by Gasteiger charge is 2.26. The molecule has 6 heteroatoms. The van der Waals surface area contributed by atoms with Crippen LogP contribution in [0.4, 0.5) is 0 Å². The van der Waals surface area contributed by atoms with Crippen molar-refractivity contribution in [3.05, 3.63) is 11.7 Å². The standard InChI is InChI=1S/C14H22N4O2/c1-3-6-18-7-8-19-12(10-18)14-16-13(20-17-14)9-11(2)4-5-15/h11-12H,3-4,6-10H2,1-2H3. The number of ether oxygens (including phenoxy) is 1. The van der Waals surface area contributed by atoms with Crippen molar-refractivity contribution in [2.75, 3.05) is 26.2 Å². The van der Waals surface area contributed by atoms with Crippen LogP contribution in [0.5, 0.6) is 0 Å². The van der Waals surface area contributed by atoms with Crippen molar-refractivity contribution in [3.8, 4) is 6.07 Å². The lowest BCUT2D eigenvalue weighted by atomic mass is 10.1. The fourth-order valence-corrected chi connectivity index (χ4v) is 2.39. The average Bonchev–Trinajstić information content (AvgIpc) is 2.88. The molecule has 1 aliphatic heterocycles. The van der Waals surface area contributed by atoms with E-state index >= 15 is 0 Å². The van der Waals surface area contributed by atoms with Gasteiger partial charge >= 0.3 is 0 Å². The van der Waals surface area contributed by atoms with Crippen LogP contribution < -0.4 is 0 Å². The van der Waals surface area contributed by atoms with Crippen molar-refractivity contribution >= 4 is 0 Å². The molecule has 0 N–H and O–H groups in total. The van der Waals surface area contributed by atoms with Crippen molar-refractivity contribution in [1.82, 2.24) is 15.0 Å². The van der Waals surface area contributed by atoms with Gasteiger partial charge in [0.15, 0.2) is 0 Å². The molecule has 1 aromatic rings. The molecule has 0 saturated carbocycles. The normalized spacial score (nSPS) is 21.6. The van der Waals surface area contributed by atoms with Crippen LogP contribution in [0.25, 0.3) is 0 Å². The van der Waals surface area contributed by atoms with Crippen molar-refractivity contribution < 1.29 is 9.26 Å². The molecule has 6 nitrogen and oxygen atoms in total. The SMILES string of the molecule is CCCN1CCOC(c2noc(CC(C)CC#N)n2)C1. The quantitative estimate of drug-likeness (QED) is 0.791. The van der Waals surface area contributed by atoms with Gasteiger partial charge in [0.1, 0.15) is 6.10 Å². The molecular weight excluding hydrogens is 256 g/mol. The topological polar surface area (TPSA) is 75.2 Å². The summed E-state index contributed by atoms with van der Waals surface area (Å²) >= 11 is 0. The van der Waals surface area contributed by atoms with E-state index in [0.29, 0.717) is 31.2 Å². The lowest BCUT2D eigenvalue weighted by Crippen LogP contribution is -2.39. The van der Waals surface area contributed by atoms with Gasteiger partial charge in [-0.05, 0) is 18.9 Å². The smallest absolute Gasteiger partial charge is 0.227 e. The zero-order valence-electron chi connectivity index (χ0n) is 12.2. The van der Waals surface area contributed by atoms with Gasteiger partial charge in [0.2, 0.25) is 11.7 Å². The maximum Gasteiger partial charge on any atom is 0.227 e. The number of aromatic nitrogens is 2. The van der Waals surface area contributed by atoms with Crippen LogP contribution in [-0.4, -0.2) is 41.3 Å². The van der Waals surface area contributed by atoms with Gasteiger partial charge < -0.3 is 9.26 Å². The first-order valence-electron chi connectivity index (χ1n) is 7.26. The van der Waals surface area contributed by atoms with E-state index in [1.165, 1.54) is 0 Å². The third-order valence-electron chi connectivity index (χ3n) is 3.43. The van der Waals surface area contributed by atoms with E-state index in [1.807, 2.05) is 6.92 Å². The molecule has 20 heavy (non-hydrogen) atoms. The maximum atomic E-state index is 8.66. The van der Waals surface area contributed by atoms with Crippen LogP contribution in [0.1, 0.15) is 44.5 Å². The molecular formula is C14H22N4O2. The van der Waals surface area contributed by atoms with Crippen molar-refractivity contribution in [1.29, 1.82) is 5.26 Å². The zero-order valence-corrected chi connectivity index (χ0v) is 12.2. The second kappa shape index (κ2) is 7.36. The molecule has 1 aliphatic rings. The van der Waals surface area contributed by atoms with E-state index in [-0.39, 0.29) is 12.0 Å². The zero-order chi connectivity index (χ0) is 14.4. The van der Waals surface area contributed by atoms with Gasteiger partial charge in [-0.2, -0.15) is 10.2 Å². The molecule has 2 unspecified atom stereocenters. The number of nitriles is 1. The van der Waals surface area contributed by atoms with E-state index in [9.17, 15) is 0 Å². The van der Waals surface area contributed by atoms with Crippen LogP contribution in [0, 0.1) is 17.2 Å². The van der Waals surface area contributed by atoms with Crippen molar-refractivity contribution in [3.63, 3.8) is 0 Å². The van der Waals surface area contributed by atoms with Crippen molar-refractivity contribution in [2.24, 2.45) is 5.92 Å². The summed E-state index contributed by atoms with van der Waals surface area (Å²) in [6, 6.07) is 2.16. The summed E-state index contributed by atoms with van der Waals surface area (Å²) in [5.41, 5.74) is 0. The summed E-state index contributed by atoms with van der Waals surface area (Å²) in [6.45, 7) is 7.75. The summed E-state index contributed by atoms with van der Waals surface area (Å²) in [7, 11) is 0. The second-order valence-electron chi connectivity index (χ2n) is 5.38. The molecule has 2 heterocycles. The van der Waals surface area contributed by atoms with Gasteiger partial charge in [0.25, 0.3) is 0 Å². The molecule has 1 fully saturated rings. The van der Waals surface area contributed by atoms with Crippen LogP contribution in [-0.2, 0) is 11.2 Å². The molecule has 0 aliphatic carbocycles. The van der Waals surface area contributed by atoms with Crippen molar-refractivity contribution in [2.45, 2.75) is 39.2 Å². The minimum atomic E-state index is -0.0981. The van der Waals surface area contributed by atoms with E-state index in [2.05, 4.69) is 28.0 Å². The van der Waals surface area contributed by atoms with E-state index in [4.69, 9.17) is 14.5 Å². The molecule has 0 bridgehead atoms. The summed E-state index contributed by atoms with van der Waals surface area (Å²) in [5.74, 6) is 1.46. The lowest BCUT2D eigenvalue weighted by Gasteiger charge is -2.30. The third-order valence-corrected chi connectivity index (χ3v) is 3.43. The number of morpholine rings is 1. The van der Waals surface area contributed by atoms with Crippen LogP contribution in [0.15, 0.2) is 4.52 Å². The van der Waals surface area contributed by atoms with Crippen LogP contribution >= 0.6 is 0 Å². The third kappa shape index (κ3) is 4.02. The number of nitrogens with zero attached hydrogens (tertiary/aromatic N) is 4. The molecule has 1 saturated heterocycles. The van der Waals surface area contributed by atoms with Crippen LogP contribution in [0.2, 0.25) is 0 Å². The predicted octanol–water partition coefficient (Wildman–Crippen LogP) is 1.95. The fourth-order valence-electron chi connectivity index (χ4n) is 2.39. The predicted molar refractivity (Wildman–Crippen MR) is 72.8 cm³/mol. The Bertz CT molecular complexity index is 452. The number of hydrogen-bond acceptors (Lipinski definition) is 6. The Balaban J connectivity index is 1.92. The Morgan fingerprint density at radius 1 is 1.55 bits per heavy atom. The van der Waals surface area contributed by atoms with Gasteiger partial charge in [0, 0.05) is 25.9 Å². The second-order valence-corrected chi connectivity index (χ2v) is 5.38.